The fourth-order valence-electron chi connectivity index (χ4n) is 8.48. The van der Waals surface area contributed by atoms with Crippen LogP contribution in [-0.2, 0) is 63.8 Å². The average molecular weight is 1090 g/mol. The van der Waals surface area contributed by atoms with Crippen molar-refractivity contribution in [3.8, 4) is 0 Å². The van der Waals surface area contributed by atoms with E-state index in [1.54, 1.807) is 83.2 Å². The SMILES string of the molecule is CCCCOC[C@@]1(O)/C=C/C(=O)NCC(=O)OC[C@@H]2NC(=O)[C@@H]([C@@H](C)O)NC(=O)[C@H](Cc3ccccc3)N(C)C(=O)[C@@H](NC(=O)[C@@H]([C@@H](C)CC)NC(=O)[C@@H](NC(=O)[C@H](C)[C@H](O)C(C)C)[C@@H](C)OC2=O)c2ccc(cc2)C=C1C. The van der Waals surface area contributed by atoms with Gasteiger partial charge in [0.15, 0.2) is 6.04 Å². The second-order valence-electron chi connectivity index (χ2n) is 20.5. The zero-order valence-electron chi connectivity index (χ0n) is 46.2. The molecule has 22 nitrogen and oxygen atoms in total. The molecule has 1 saturated heterocycles. The maximum Gasteiger partial charge on any atom is 0.332 e. The van der Waals surface area contributed by atoms with E-state index in [-0.39, 0.29) is 25.0 Å². The first-order valence-corrected chi connectivity index (χ1v) is 26.4. The molecule has 2 aromatic rings. The maximum atomic E-state index is 15.3. The van der Waals surface area contributed by atoms with Crippen LogP contribution in [0.15, 0.2) is 72.3 Å². The molecular weight excluding hydrogens is 1010 g/mol. The lowest BCUT2D eigenvalue weighted by Gasteiger charge is -2.34. The zero-order chi connectivity index (χ0) is 58.0. The van der Waals surface area contributed by atoms with Crippen LogP contribution in [0.2, 0.25) is 0 Å². The number of aliphatic hydroxyl groups is 3. The number of hydrogen-bond acceptors (Lipinski definition) is 15. The summed E-state index contributed by atoms with van der Waals surface area (Å²) in [5.41, 5.74) is -0.301. The van der Waals surface area contributed by atoms with Crippen molar-refractivity contribution in [2.45, 2.75) is 148 Å². The number of esters is 2. The Labute approximate surface area is 455 Å². The highest BCUT2D eigenvalue weighted by Gasteiger charge is 2.42. The van der Waals surface area contributed by atoms with Gasteiger partial charge in [0.2, 0.25) is 41.4 Å². The fourth-order valence-corrected chi connectivity index (χ4v) is 8.48. The maximum absolute atomic E-state index is 15.3. The predicted molar refractivity (Wildman–Crippen MR) is 286 cm³/mol. The molecule has 428 valence electrons. The lowest BCUT2D eigenvalue weighted by molar-refractivity contribution is -0.160. The van der Waals surface area contributed by atoms with Crippen LogP contribution >= 0.6 is 0 Å². The van der Waals surface area contributed by atoms with E-state index < -0.39 is 144 Å². The molecule has 0 radical (unpaired) electrons. The third-order valence-corrected chi connectivity index (χ3v) is 14.0. The second kappa shape index (κ2) is 29.7. The number of nitrogens with zero attached hydrogens (tertiary/aromatic N) is 1. The van der Waals surface area contributed by atoms with Gasteiger partial charge in [-0.1, -0.05) is 115 Å². The van der Waals surface area contributed by atoms with E-state index in [1.807, 2.05) is 6.92 Å². The number of unbranched alkanes of at least 4 members (excludes halogenated alkanes) is 1. The Bertz CT molecular complexity index is 2490. The smallest absolute Gasteiger partial charge is 0.332 e. The van der Waals surface area contributed by atoms with Crippen molar-refractivity contribution in [2.75, 3.05) is 33.4 Å². The summed E-state index contributed by atoms with van der Waals surface area (Å²) in [7, 11) is 1.32. The summed E-state index contributed by atoms with van der Waals surface area (Å²) in [6.45, 7) is 12.4. The van der Waals surface area contributed by atoms with Gasteiger partial charge in [-0.05, 0) is 67.4 Å². The number of fused-ring (bicyclic) bond motifs is 10. The highest BCUT2D eigenvalue weighted by molar-refractivity contribution is 5.98. The van der Waals surface area contributed by atoms with Gasteiger partial charge < -0.3 is 66.3 Å². The number of cyclic esters (lactones) is 1. The molecule has 2 aromatic carbocycles. The van der Waals surface area contributed by atoms with Gasteiger partial charge in [-0.2, -0.15) is 0 Å². The first-order valence-electron chi connectivity index (χ1n) is 26.4. The summed E-state index contributed by atoms with van der Waals surface area (Å²) in [6.07, 6.45) is 0.913. The average Bonchev–Trinajstić information content (AvgIpc) is 3.42. The summed E-state index contributed by atoms with van der Waals surface area (Å²) in [5, 5.41) is 49.2. The highest BCUT2D eigenvalue weighted by Crippen LogP contribution is 2.26. The molecule has 4 bridgehead atoms. The second-order valence-corrected chi connectivity index (χ2v) is 20.5. The third-order valence-electron chi connectivity index (χ3n) is 14.0. The first-order chi connectivity index (χ1) is 36.8. The van der Waals surface area contributed by atoms with Crippen molar-refractivity contribution in [2.24, 2.45) is 17.8 Å². The number of amides is 7. The topological polar surface area (TPSA) is 317 Å². The lowest BCUT2D eigenvalue weighted by Crippen LogP contribution is -2.61. The van der Waals surface area contributed by atoms with Crippen LogP contribution < -0.4 is 31.9 Å². The Morgan fingerprint density at radius 2 is 1.50 bits per heavy atom. The van der Waals surface area contributed by atoms with Crippen molar-refractivity contribution in [1.29, 1.82) is 0 Å². The van der Waals surface area contributed by atoms with Crippen LogP contribution in [-0.4, -0.2) is 161 Å². The Balaban J connectivity index is 2.05. The van der Waals surface area contributed by atoms with Crippen molar-refractivity contribution < 1.29 is 72.7 Å². The molecule has 0 spiro atoms. The van der Waals surface area contributed by atoms with Crippen LogP contribution in [0.1, 0.15) is 104 Å². The van der Waals surface area contributed by atoms with Crippen molar-refractivity contribution in [1.82, 2.24) is 36.8 Å². The summed E-state index contributed by atoms with van der Waals surface area (Å²) in [5.74, 6) is -11.3. The van der Waals surface area contributed by atoms with Gasteiger partial charge in [0.1, 0.15) is 55.1 Å². The minimum atomic E-state index is -1.97. The van der Waals surface area contributed by atoms with Gasteiger partial charge in [0, 0.05) is 26.2 Å². The Kier molecular flexibility index (Phi) is 24.1. The number of ether oxygens (including phenoxy) is 3. The quantitative estimate of drug-likeness (QED) is 0.0944. The highest BCUT2D eigenvalue weighted by atomic mass is 16.6. The van der Waals surface area contributed by atoms with Gasteiger partial charge >= 0.3 is 11.9 Å². The monoisotopic (exact) mass is 1090 g/mol. The molecular formula is C56H79N7O15. The number of carbonyl (C=O) groups excluding carboxylic acids is 9. The van der Waals surface area contributed by atoms with Gasteiger partial charge in [-0.15, -0.1) is 0 Å². The fraction of sp³-hybridized carbons (Fsp3) is 0.554. The van der Waals surface area contributed by atoms with E-state index in [1.165, 1.54) is 46.0 Å². The molecule has 0 aliphatic carbocycles. The van der Waals surface area contributed by atoms with Crippen LogP contribution in [0.4, 0.5) is 0 Å². The standard InChI is InChI=1S/C56H79N7O15/c1-11-13-25-76-30-56(75)24-23-42(65)57-28-43(66)77-29-40-55(74)78-36(9)46(61-49(68)34(7)48(67)31(3)4)53(72)59-44(32(5)12-2)51(70)62-47(39-21-19-38(20-22-39)26-33(56)6)54(73)63(10)41(27-37-17-15-14-16-18-37)50(69)60-45(35(8)64)52(71)58-40/h14-24,26,31-32,34-36,40-41,44-48,64,67,75H,11-13,25,27-30H2,1-10H3,(H,57,65)(H,58,71)(H,59,72)(H,60,69)(H,61,68)(H,62,70)/b24-23+,33-26?/t32-,34+,35+,36+,40-,41-,44+,45+,46-,47-,48+,56-/m0/s1. The normalized spacial score (nSPS) is 26.7. The van der Waals surface area contributed by atoms with Crippen molar-refractivity contribution >= 4 is 59.4 Å². The van der Waals surface area contributed by atoms with E-state index in [0.29, 0.717) is 29.7 Å². The molecule has 9 N–H and O–H groups in total. The van der Waals surface area contributed by atoms with E-state index in [9.17, 15) is 53.7 Å². The number of benzene rings is 2. The Morgan fingerprint density at radius 3 is 2.12 bits per heavy atom. The van der Waals surface area contributed by atoms with E-state index in [2.05, 4.69) is 31.9 Å². The van der Waals surface area contributed by atoms with Crippen LogP contribution in [0, 0.1) is 17.8 Å². The van der Waals surface area contributed by atoms with Crippen LogP contribution in [0.5, 0.6) is 0 Å². The predicted octanol–water partition coefficient (Wildman–Crippen LogP) is 1.06. The summed E-state index contributed by atoms with van der Waals surface area (Å²) in [6, 6.07) is 4.72. The molecule has 0 unspecified atom stereocenters. The molecule has 0 saturated carbocycles. The number of aliphatic hydroxyl groups excluding tert-OH is 2. The minimum absolute atomic E-state index is 0.156. The summed E-state index contributed by atoms with van der Waals surface area (Å²) >= 11 is 0. The molecule has 3 aliphatic heterocycles. The van der Waals surface area contributed by atoms with Crippen molar-refractivity contribution in [3.63, 3.8) is 0 Å². The van der Waals surface area contributed by atoms with E-state index >= 15 is 4.79 Å². The molecule has 22 heteroatoms. The third kappa shape index (κ3) is 17.8. The lowest BCUT2D eigenvalue weighted by atomic mass is 9.92. The largest absolute Gasteiger partial charge is 0.462 e. The molecule has 12 atom stereocenters. The van der Waals surface area contributed by atoms with Gasteiger partial charge in [0.25, 0.3) is 0 Å². The summed E-state index contributed by atoms with van der Waals surface area (Å²) in [4.78, 5) is 130. The van der Waals surface area contributed by atoms with Crippen LogP contribution in [0.3, 0.4) is 0 Å². The molecule has 78 heavy (non-hydrogen) atoms. The number of rotatable bonds is 14. The van der Waals surface area contributed by atoms with Crippen LogP contribution in [0.25, 0.3) is 6.08 Å². The molecule has 0 aromatic heterocycles. The summed E-state index contributed by atoms with van der Waals surface area (Å²) < 4.78 is 16.9. The number of likely N-dealkylation sites (N-methyl/N-ethyl adjacent to an activating group) is 1. The van der Waals surface area contributed by atoms with E-state index in [0.717, 1.165) is 17.4 Å². The number of nitrogens with one attached hydrogen (secondary N) is 6. The van der Waals surface area contributed by atoms with E-state index in [4.69, 9.17) is 14.2 Å². The molecule has 7 amide bonds. The van der Waals surface area contributed by atoms with Gasteiger partial charge in [-0.3, -0.25) is 38.4 Å². The molecule has 5 rings (SSSR count). The molecule has 3 heterocycles. The van der Waals surface area contributed by atoms with Crippen molar-refractivity contribution in [3.05, 3.63) is 89.0 Å². The molecule has 3 aliphatic rings. The minimum Gasteiger partial charge on any atom is -0.462 e. The number of hydrogen-bond donors (Lipinski definition) is 9. The Morgan fingerprint density at radius 1 is 0.859 bits per heavy atom. The molecule has 1 fully saturated rings. The van der Waals surface area contributed by atoms with Gasteiger partial charge in [0.05, 0.1) is 24.7 Å². The Hall–Kier alpha value is -7.01. The number of carbonyl (C=O) groups is 9. The first kappa shape index (κ1) is 63.5. The van der Waals surface area contributed by atoms with Gasteiger partial charge in [-0.25, -0.2) is 4.79 Å². The zero-order valence-corrected chi connectivity index (χ0v) is 46.2.